The van der Waals surface area contributed by atoms with Crippen LogP contribution in [-0.2, 0) is 16.0 Å². The molecule has 1 aliphatic carbocycles. The SMILES string of the molecule is O=C(CCCc1ccccc1)N1CCC2(CCC2N2CCOCC2)CC1. The number of benzene rings is 1. The van der Waals surface area contributed by atoms with Gasteiger partial charge in [0.25, 0.3) is 0 Å². The number of nitrogens with zero attached hydrogens (tertiary/aromatic N) is 2. The number of rotatable bonds is 5. The number of piperidine rings is 1. The van der Waals surface area contributed by atoms with Crippen molar-refractivity contribution in [1.29, 1.82) is 0 Å². The molecule has 0 radical (unpaired) electrons. The van der Waals surface area contributed by atoms with Gasteiger partial charge in [-0.05, 0) is 49.5 Å². The molecule has 0 aromatic heterocycles. The number of likely N-dealkylation sites (tertiary alicyclic amines) is 1. The Hall–Kier alpha value is -1.39. The van der Waals surface area contributed by atoms with Gasteiger partial charge in [-0.3, -0.25) is 9.69 Å². The predicted molar refractivity (Wildman–Crippen MR) is 103 cm³/mol. The van der Waals surface area contributed by atoms with E-state index in [1.807, 2.05) is 6.07 Å². The topological polar surface area (TPSA) is 32.8 Å². The molecule has 4 heteroatoms. The summed E-state index contributed by atoms with van der Waals surface area (Å²) in [6.45, 7) is 5.89. The molecule has 0 bridgehead atoms. The van der Waals surface area contributed by atoms with Gasteiger partial charge in [0, 0.05) is 38.6 Å². The molecule has 1 unspecified atom stereocenters. The van der Waals surface area contributed by atoms with Gasteiger partial charge in [0.15, 0.2) is 0 Å². The monoisotopic (exact) mass is 356 g/mol. The molecule has 2 aliphatic heterocycles. The first-order valence-electron chi connectivity index (χ1n) is 10.4. The number of hydrogen-bond acceptors (Lipinski definition) is 3. The first kappa shape index (κ1) is 18.0. The van der Waals surface area contributed by atoms with Crippen LogP contribution in [0.5, 0.6) is 0 Å². The van der Waals surface area contributed by atoms with E-state index in [-0.39, 0.29) is 0 Å². The molecule has 1 atom stereocenters. The highest BCUT2D eigenvalue weighted by Crippen LogP contribution is 2.51. The van der Waals surface area contributed by atoms with E-state index in [1.165, 1.54) is 31.2 Å². The molecule has 3 fully saturated rings. The number of hydrogen-bond donors (Lipinski definition) is 0. The summed E-state index contributed by atoms with van der Waals surface area (Å²) in [4.78, 5) is 17.4. The normalized spacial score (nSPS) is 25.8. The fourth-order valence-electron chi connectivity index (χ4n) is 5.17. The Balaban J connectivity index is 1.22. The summed E-state index contributed by atoms with van der Waals surface area (Å²) in [6.07, 6.45) is 7.73. The Bertz CT molecular complexity index is 589. The average molecular weight is 357 g/mol. The number of carbonyl (C=O) groups excluding carboxylic acids is 1. The molecule has 142 valence electrons. The standard InChI is InChI=1S/C22H32N2O2/c25-21(8-4-7-19-5-2-1-3-6-19)24-13-11-22(12-14-24)10-9-20(22)23-15-17-26-18-16-23/h1-3,5-6,20H,4,7-18H2. The molecule has 1 saturated carbocycles. The third-order valence-electron chi connectivity index (χ3n) is 6.92. The van der Waals surface area contributed by atoms with Gasteiger partial charge < -0.3 is 9.64 Å². The minimum absolute atomic E-state index is 0.359. The van der Waals surface area contributed by atoms with Crippen LogP contribution in [0.15, 0.2) is 30.3 Å². The van der Waals surface area contributed by atoms with Crippen LogP contribution in [0.2, 0.25) is 0 Å². The molecule has 1 aromatic rings. The lowest BCUT2D eigenvalue weighted by atomic mass is 9.58. The van der Waals surface area contributed by atoms with Gasteiger partial charge in [-0.15, -0.1) is 0 Å². The molecule has 2 heterocycles. The Morgan fingerprint density at radius 1 is 1.04 bits per heavy atom. The maximum atomic E-state index is 12.6. The van der Waals surface area contributed by atoms with Crippen molar-refractivity contribution in [1.82, 2.24) is 9.80 Å². The number of aryl methyl sites for hydroxylation is 1. The number of ether oxygens (including phenoxy) is 1. The molecule has 3 aliphatic rings. The first-order valence-corrected chi connectivity index (χ1v) is 10.4. The Kier molecular flexibility index (Phi) is 5.60. The van der Waals surface area contributed by atoms with Gasteiger partial charge in [0.2, 0.25) is 5.91 Å². The minimum atomic E-state index is 0.359. The predicted octanol–water partition coefficient (Wildman–Crippen LogP) is 3.11. The first-order chi connectivity index (χ1) is 12.8. The van der Waals surface area contributed by atoms with Gasteiger partial charge in [-0.25, -0.2) is 0 Å². The fourth-order valence-corrected chi connectivity index (χ4v) is 5.17. The summed E-state index contributed by atoms with van der Waals surface area (Å²) in [5, 5.41) is 0. The molecule has 26 heavy (non-hydrogen) atoms. The Labute approximate surface area is 157 Å². The molecule has 4 nitrogen and oxygen atoms in total. The van der Waals surface area contributed by atoms with Crippen LogP contribution < -0.4 is 0 Å². The Morgan fingerprint density at radius 2 is 1.77 bits per heavy atom. The zero-order valence-electron chi connectivity index (χ0n) is 15.9. The van der Waals surface area contributed by atoms with Crippen molar-refractivity contribution >= 4 is 5.91 Å². The molecule has 1 aromatic carbocycles. The molecular formula is C22H32N2O2. The van der Waals surface area contributed by atoms with Gasteiger partial charge >= 0.3 is 0 Å². The van der Waals surface area contributed by atoms with Crippen LogP contribution >= 0.6 is 0 Å². The smallest absolute Gasteiger partial charge is 0.222 e. The van der Waals surface area contributed by atoms with E-state index in [2.05, 4.69) is 34.1 Å². The van der Waals surface area contributed by atoms with E-state index in [1.54, 1.807) is 0 Å². The van der Waals surface area contributed by atoms with Crippen LogP contribution in [0.3, 0.4) is 0 Å². The zero-order chi connectivity index (χ0) is 17.8. The van der Waals surface area contributed by atoms with Crippen LogP contribution in [0.25, 0.3) is 0 Å². The summed E-state index contributed by atoms with van der Waals surface area (Å²) in [7, 11) is 0. The van der Waals surface area contributed by atoms with Crippen molar-refractivity contribution in [2.45, 2.75) is 51.0 Å². The van der Waals surface area contributed by atoms with Crippen molar-refractivity contribution < 1.29 is 9.53 Å². The zero-order valence-corrected chi connectivity index (χ0v) is 15.9. The van der Waals surface area contributed by atoms with E-state index >= 15 is 0 Å². The summed E-state index contributed by atoms with van der Waals surface area (Å²) in [5.74, 6) is 0.359. The van der Waals surface area contributed by atoms with Crippen molar-refractivity contribution in [3.63, 3.8) is 0 Å². The number of amides is 1. The molecule has 4 rings (SSSR count). The van der Waals surface area contributed by atoms with E-state index in [9.17, 15) is 4.79 Å². The summed E-state index contributed by atoms with van der Waals surface area (Å²) in [5.41, 5.74) is 1.82. The highest BCUT2D eigenvalue weighted by atomic mass is 16.5. The second-order valence-electron chi connectivity index (χ2n) is 8.29. The van der Waals surface area contributed by atoms with E-state index < -0.39 is 0 Å². The van der Waals surface area contributed by atoms with Gasteiger partial charge in [-0.2, -0.15) is 0 Å². The summed E-state index contributed by atoms with van der Waals surface area (Å²) in [6, 6.07) is 11.2. The highest BCUT2D eigenvalue weighted by Gasteiger charge is 2.50. The minimum Gasteiger partial charge on any atom is -0.379 e. The van der Waals surface area contributed by atoms with Gasteiger partial charge in [0.1, 0.15) is 0 Å². The maximum Gasteiger partial charge on any atom is 0.222 e. The lowest BCUT2D eigenvalue weighted by molar-refractivity contribution is -0.139. The van der Waals surface area contributed by atoms with E-state index in [0.717, 1.165) is 58.3 Å². The Morgan fingerprint density at radius 3 is 2.42 bits per heavy atom. The summed E-state index contributed by atoms with van der Waals surface area (Å²) >= 11 is 0. The fraction of sp³-hybridized carbons (Fsp3) is 0.682. The van der Waals surface area contributed by atoms with Crippen LogP contribution in [0.1, 0.15) is 44.1 Å². The lowest BCUT2D eigenvalue weighted by Gasteiger charge is -2.58. The molecular weight excluding hydrogens is 324 g/mol. The van der Waals surface area contributed by atoms with Crippen LogP contribution in [0.4, 0.5) is 0 Å². The van der Waals surface area contributed by atoms with Crippen molar-refractivity contribution in [3.8, 4) is 0 Å². The van der Waals surface area contributed by atoms with Gasteiger partial charge in [-0.1, -0.05) is 30.3 Å². The van der Waals surface area contributed by atoms with Gasteiger partial charge in [0.05, 0.1) is 13.2 Å². The van der Waals surface area contributed by atoms with E-state index in [4.69, 9.17) is 4.74 Å². The van der Waals surface area contributed by atoms with E-state index in [0.29, 0.717) is 17.7 Å². The maximum absolute atomic E-state index is 12.6. The second-order valence-corrected chi connectivity index (χ2v) is 8.29. The second kappa shape index (κ2) is 8.10. The molecule has 1 spiro atoms. The van der Waals surface area contributed by atoms with Crippen LogP contribution in [-0.4, -0.2) is 61.1 Å². The van der Waals surface area contributed by atoms with Crippen molar-refractivity contribution in [2.75, 3.05) is 39.4 Å². The largest absolute Gasteiger partial charge is 0.379 e. The number of carbonyl (C=O) groups is 1. The lowest BCUT2D eigenvalue weighted by Crippen LogP contribution is -2.61. The number of morpholine rings is 1. The molecule has 1 amide bonds. The van der Waals surface area contributed by atoms with Crippen LogP contribution in [0, 0.1) is 5.41 Å². The third-order valence-corrected chi connectivity index (χ3v) is 6.92. The van der Waals surface area contributed by atoms with Crippen molar-refractivity contribution in [3.05, 3.63) is 35.9 Å². The highest BCUT2D eigenvalue weighted by molar-refractivity contribution is 5.76. The molecule has 2 saturated heterocycles. The average Bonchev–Trinajstić information content (AvgIpc) is 2.69. The van der Waals surface area contributed by atoms with Crippen molar-refractivity contribution in [2.24, 2.45) is 5.41 Å². The third kappa shape index (κ3) is 3.81. The quantitative estimate of drug-likeness (QED) is 0.813. The summed E-state index contributed by atoms with van der Waals surface area (Å²) < 4.78 is 5.52. The molecule has 0 N–H and O–H groups in total.